The maximum atomic E-state index is 12.2. The zero-order valence-corrected chi connectivity index (χ0v) is 14.5. The van der Waals surface area contributed by atoms with Gasteiger partial charge in [0.2, 0.25) is 0 Å². The first-order valence-electron chi connectivity index (χ1n) is 7.24. The van der Waals surface area contributed by atoms with Crippen LogP contribution in [0.3, 0.4) is 0 Å². The Labute approximate surface area is 133 Å². The first-order chi connectivity index (χ1) is 9.92. The molecule has 0 aliphatic heterocycles. The number of H-pyrrole nitrogens is 1. The Hall–Kier alpha value is -1.36. The van der Waals surface area contributed by atoms with Crippen molar-refractivity contribution < 1.29 is 9.53 Å². The van der Waals surface area contributed by atoms with Crippen molar-refractivity contribution in [1.82, 2.24) is 9.97 Å². The molecule has 1 unspecified atom stereocenters. The number of aromatic nitrogens is 2. The molecule has 0 bridgehead atoms. The fourth-order valence-corrected chi connectivity index (χ4v) is 3.04. The number of hydrogen-bond donors (Lipinski definition) is 1. The van der Waals surface area contributed by atoms with E-state index in [1.54, 1.807) is 0 Å². The van der Waals surface area contributed by atoms with E-state index in [0.717, 1.165) is 27.5 Å². The van der Waals surface area contributed by atoms with Gasteiger partial charge in [0.05, 0.1) is 17.6 Å². The number of nitrogens with one attached hydrogen (secondary N) is 1. The first kappa shape index (κ1) is 16.0. The number of imidazole rings is 1. The summed E-state index contributed by atoms with van der Waals surface area (Å²) in [6, 6.07) is 4.01. The van der Waals surface area contributed by atoms with Gasteiger partial charge >= 0.3 is 5.97 Å². The van der Waals surface area contributed by atoms with Gasteiger partial charge in [-0.3, -0.25) is 4.79 Å². The smallest absolute Gasteiger partial charge is 0.316 e. The van der Waals surface area contributed by atoms with Crippen LogP contribution < -0.4 is 0 Å². The van der Waals surface area contributed by atoms with Crippen molar-refractivity contribution in [2.45, 2.75) is 40.0 Å². The molecule has 5 heteroatoms. The summed E-state index contributed by atoms with van der Waals surface area (Å²) in [6.07, 6.45) is 0.721. The zero-order chi connectivity index (χ0) is 15.6. The molecule has 0 saturated heterocycles. The van der Waals surface area contributed by atoms with Crippen LogP contribution in [-0.2, 0) is 9.53 Å². The summed E-state index contributed by atoms with van der Waals surface area (Å²) < 4.78 is 6.20. The SMILES string of the molecule is CCOC(=O)C(CC(C)C)c1nc2c(C)cc(Br)cc2[nH]1. The molecular formula is C16H21BrN2O2. The van der Waals surface area contributed by atoms with E-state index >= 15 is 0 Å². The van der Waals surface area contributed by atoms with Gasteiger partial charge in [0.15, 0.2) is 0 Å². The lowest BCUT2D eigenvalue weighted by atomic mass is 9.96. The molecule has 0 radical (unpaired) electrons. The van der Waals surface area contributed by atoms with Gasteiger partial charge in [-0.15, -0.1) is 0 Å². The molecule has 0 fully saturated rings. The third kappa shape index (κ3) is 3.64. The molecule has 0 aliphatic rings. The molecule has 2 rings (SSSR count). The minimum absolute atomic E-state index is 0.207. The van der Waals surface area contributed by atoms with E-state index in [0.29, 0.717) is 18.3 Å². The van der Waals surface area contributed by atoms with Crippen LogP contribution in [-0.4, -0.2) is 22.5 Å². The Morgan fingerprint density at radius 3 is 2.76 bits per heavy atom. The van der Waals surface area contributed by atoms with Crippen molar-refractivity contribution in [3.63, 3.8) is 0 Å². The maximum absolute atomic E-state index is 12.2. The van der Waals surface area contributed by atoms with E-state index in [9.17, 15) is 4.79 Å². The monoisotopic (exact) mass is 352 g/mol. The highest BCUT2D eigenvalue weighted by atomic mass is 79.9. The Bertz CT molecular complexity index is 649. The first-order valence-corrected chi connectivity index (χ1v) is 8.04. The van der Waals surface area contributed by atoms with Crippen molar-refractivity contribution in [2.24, 2.45) is 5.92 Å². The quantitative estimate of drug-likeness (QED) is 0.814. The third-order valence-corrected chi connectivity index (χ3v) is 3.83. The van der Waals surface area contributed by atoms with Crippen molar-refractivity contribution in [2.75, 3.05) is 6.61 Å². The highest BCUT2D eigenvalue weighted by Crippen LogP contribution is 2.28. The lowest BCUT2D eigenvalue weighted by Crippen LogP contribution is -2.19. The normalized spacial score (nSPS) is 12.9. The van der Waals surface area contributed by atoms with Gasteiger partial charge in [-0.2, -0.15) is 0 Å². The number of rotatable bonds is 5. The largest absolute Gasteiger partial charge is 0.465 e. The van der Waals surface area contributed by atoms with Gasteiger partial charge in [0, 0.05) is 4.47 Å². The van der Waals surface area contributed by atoms with Crippen LogP contribution in [0, 0.1) is 12.8 Å². The Morgan fingerprint density at radius 2 is 2.14 bits per heavy atom. The van der Waals surface area contributed by atoms with Crippen molar-refractivity contribution in [1.29, 1.82) is 0 Å². The van der Waals surface area contributed by atoms with E-state index in [-0.39, 0.29) is 11.9 Å². The van der Waals surface area contributed by atoms with Crippen LogP contribution >= 0.6 is 15.9 Å². The third-order valence-electron chi connectivity index (χ3n) is 3.37. The summed E-state index contributed by atoms with van der Waals surface area (Å²) in [5.41, 5.74) is 2.93. The standard InChI is InChI=1S/C16H21BrN2O2/c1-5-21-16(20)12(6-9(2)3)15-18-13-8-11(17)7-10(4)14(13)19-15/h7-9,12H,5-6H2,1-4H3,(H,18,19). The second-order valence-corrected chi connectivity index (χ2v) is 6.59. The number of halogens is 1. The number of benzene rings is 1. The summed E-state index contributed by atoms with van der Waals surface area (Å²) in [5, 5.41) is 0. The molecule has 4 nitrogen and oxygen atoms in total. The van der Waals surface area contributed by atoms with Crippen molar-refractivity contribution in [3.8, 4) is 0 Å². The van der Waals surface area contributed by atoms with Crippen LogP contribution in [0.5, 0.6) is 0 Å². The number of hydrogen-bond acceptors (Lipinski definition) is 3. The number of nitrogens with zero attached hydrogens (tertiary/aromatic N) is 1. The number of ether oxygens (including phenoxy) is 1. The number of carbonyl (C=O) groups excluding carboxylic acids is 1. The van der Waals surface area contributed by atoms with Gasteiger partial charge in [-0.05, 0) is 43.9 Å². The topological polar surface area (TPSA) is 55.0 Å². The second kappa shape index (κ2) is 6.60. The summed E-state index contributed by atoms with van der Waals surface area (Å²) >= 11 is 3.48. The minimum atomic E-state index is -0.337. The predicted octanol–water partition coefficient (Wildman–Crippen LogP) is 4.33. The molecule has 0 saturated carbocycles. The molecule has 2 aromatic rings. The highest BCUT2D eigenvalue weighted by molar-refractivity contribution is 9.10. The number of esters is 1. The fraction of sp³-hybridized carbons (Fsp3) is 0.500. The zero-order valence-electron chi connectivity index (χ0n) is 12.9. The maximum Gasteiger partial charge on any atom is 0.316 e. The molecule has 0 amide bonds. The molecule has 0 aliphatic carbocycles. The van der Waals surface area contributed by atoms with Crippen molar-refractivity contribution in [3.05, 3.63) is 28.0 Å². The van der Waals surface area contributed by atoms with Crippen LogP contribution in [0.25, 0.3) is 11.0 Å². The molecule has 0 spiro atoms. The van der Waals surface area contributed by atoms with Crippen LogP contribution in [0.2, 0.25) is 0 Å². The Kier molecular flexibility index (Phi) is 5.04. The van der Waals surface area contributed by atoms with Gasteiger partial charge < -0.3 is 9.72 Å². The van der Waals surface area contributed by atoms with Gasteiger partial charge in [0.25, 0.3) is 0 Å². The molecule has 1 aromatic heterocycles. The van der Waals surface area contributed by atoms with Crippen molar-refractivity contribution >= 4 is 32.9 Å². The second-order valence-electron chi connectivity index (χ2n) is 5.68. The predicted molar refractivity (Wildman–Crippen MR) is 87.4 cm³/mol. The molecule has 21 heavy (non-hydrogen) atoms. The van der Waals surface area contributed by atoms with Gasteiger partial charge in [-0.1, -0.05) is 29.8 Å². The van der Waals surface area contributed by atoms with E-state index in [4.69, 9.17) is 4.74 Å². The fourth-order valence-electron chi connectivity index (χ4n) is 2.46. The van der Waals surface area contributed by atoms with Crippen LogP contribution in [0.1, 0.15) is 44.5 Å². The van der Waals surface area contributed by atoms with E-state index in [1.165, 1.54) is 0 Å². The average molecular weight is 353 g/mol. The Balaban J connectivity index is 2.44. The van der Waals surface area contributed by atoms with E-state index in [2.05, 4.69) is 39.7 Å². The molecule has 1 heterocycles. The van der Waals surface area contributed by atoms with Gasteiger partial charge in [0.1, 0.15) is 11.7 Å². The van der Waals surface area contributed by atoms with Gasteiger partial charge in [-0.25, -0.2) is 4.98 Å². The highest BCUT2D eigenvalue weighted by Gasteiger charge is 2.26. The molecule has 1 N–H and O–H groups in total. The van der Waals surface area contributed by atoms with Crippen LogP contribution in [0.4, 0.5) is 0 Å². The summed E-state index contributed by atoms with van der Waals surface area (Å²) in [4.78, 5) is 20.1. The van der Waals surface area contributed by atoms with E-state index in [1.807, 2.05) is 26.0 Å². The number of aryl methyl sites for hydroxylation is 1. The summed E-state index contributed by atoms with van der Waals surface area (Å²) in [7, 11) is 0. The summed E-state index contributed by atoms with van der Waals surface area (Å²) in [5.74, 6) is 0.538. The number of fused-ring (bicyclic) bond motifs is 1. The molecule has 1 atom stereocenters. The lowest BCUT2D eigenvalue weighted by Gasteiger charge is -2.15. The number of carbonyl (C=O) groups is 1. The molecule has 114 valence electrons. The molecular weight excluding hydrogens is 332 g/mol. The minimum Gasteiger partial charge on any atom is -0.465 e. The van der Waals surface area contributed by atoms with E-state index < -0.39 is 0 Å². The van der Waals surface area contributed by atoms with Crippen LogP contribution in [0.15, 0.2) is 16.6 Å². The number of aromatic amines is 1. The summed E-state index contributed by atoms with van der Waals surface area (Å²) in [6.45, 7) is 8.41. The lowest BCUT2D eigenvalue weighted by molar-refractivity contribution is -0.145. The molecule has 1 aromatic carbocycles. The average Bonchev–Trinajstić information content (AvgIpc) is 2.79. The Morgan fingerprint density at radius 1 is 1.43 bits per heavy atom.